The molecule has 3 aromatic rings. The first kappa shape index (κ1) is 14.2. The predicted octanol–water partition coefficient (Wildman–Crippen LogP) is 4.33. The molecule has 2 aromatic carbocycles. The number of phenols is 1. The van der Waals surface area contributed by atoms with Gasteiger partial charge in [0.1, 0.15) is 5.75 Å². The van der Waals surface area contributed by atoms with Crippen LogP contribution < -0.4 is 5.43 Å². The van der Waals surface area contributed by atoms with Gasteiger partial charge in [0, 0.05) is 10.4 Å². The minimum atomic E-state index is 0.229. The molecule has 2 N–H and O–H groups in total. The summed E-state index contributed by atoms with van der Waals surface area (Å²) in [6.45, 7) is 0. The fourth-order valence-corrected chi connectivity index (χ4v) is 3.97. The molecule has 4 rings (SSSR count). The largest absolute Gasteiger partial charge is 0.507 e. The number of nitrogens with one attached hydrogen (secondary N) is 1. The van der Waals surface area contributed by atoms with Crippen molar-refractivity contribution >= 4 is 33.5 Å². The topological polar surface area (TPSA) is 57.5 Å². The van der Waals surface area contributed by atoms with E-state index < -0.39 is 0 Å². The molecule has 0 saturated heterocycles. The van der Waals surface area contributed by atoms with Crippen LogP contribution in [0.25, 0.3) is 10.8 Å². The normalized spacial score (nSPS) is 14.3. The van der Waals surface area contributed by atoms with E-state index in [1.807, 2.05) is 30.3 Å². The fraction of sp³-hybridized carbons (Fsp3) is 0.222. The zero-order valence-corrected chi connectivity index (χ0v) is 13.4. The Hall–Kier alpha value is -2.40. The van der Waals surface area contributed by atoms with E-state index in [1.54, 1.807) is 23.6 Å². The van der Waals surface area contributed by atoms with Crippen LogP contribution in [-0.4, -0.2) is 16.3 Å². The van der Waals surface area contributed by atoms with Gasteiger partial charge in [-0.2, -0.15) is 5.10 Å². The molecule has 0 aliphatic heterocycles. The molecule has 0 atom stereocenters. The number of hydrogen-bond donors (Lipinski definition) is 2. The zero-order valence-electron chi connectivity index (χ0n) is 12.6. The van der Waals surface area contributed by atoms with Crippen molar-refractivity contribution in [1.82, 2.24) is 4.98 Å². The Morgan fingerprint density at radius 1 is 1.13 bits per heavy atom. The molecule has 0 saturated carbocycles. The Morgan fingerprint density at radius 2 is 2.00 bits per heavy atom. The van der Waals surface area contributed by atoms with Gasteiger partial charge in [0.15, 0.2) is 0 Å². The minimum absolute atomic E-state index is 0.229. The molecule has 0 amide bonds. The van der Waals surface area contributed by atoms with Crippen molar-refractivity contribution in [2.24, 2.45) is 5.10 Å². The van der Waals surface area contributed by atoms with Crippen molar-refractivity contribution in [3.8, 4) is 5.75 Å². The summed E-state index contributed by atoms with van der Waals surface area (Å²) < 4.78 is 0. The highest BCUT2D eigenvalue weighted by atomic mass is 32.1. The Bertz CT molecular complexity index is 862. The van der Waals surface area contributed by atoms with Crippen LogP contribution in [0, 0.1) is 0 Å². The van der Waals surface area contributed by atoms with E-state index in [0.29, 0.717) is 0 Å². The Labute approximate surface area is 138 Å². The molecule has 0 spiro atoms. The third-order valence-corrected chi connectivity index (χ3v) is 5.21. The molecule has 4 nitrogen and oxygen atoms in total. The van der Waals surface area contributed by atoms with E-state index in [-0.39, 0.29) is 5.75 Å². The number of benzene rings is 2. The van der Waals surface area contributed by atoms with Gasteiger partial charge in [-0.3, -0.25) is 5.43 Å². The van der Waals surface area contributed by atoms with Gasteiger partial charge in [-0.15, -0.1) is 11.3 Å². The standard InChI is InChI=1S/C18H17N3OS/c22-16-10-9-12-5-1-2-6-13(12)14(16)11-19-21-18-20-15-7-3-4-8-17(15)23-18/h1-2,5-6,9-11,22H,3-4,7-8H2,(H,20,21)/b19-11+. The lowest BCUT2D eigenvalue weighted by Gasteiger charge is -2.06. The number of anilines is 1. The number of hydrazone groups is 1. The van der Waals surface area contributed by atoms with Gasteiger partial charge in [0.05, 0.1) is 11.9 Å². The maximum absolute atomic E-state index is 10.1. The number of nitrogens with zero attached hydrogens (tertiary/aromatic N) is 2. The molecule has 5 heteroatoms. The van der Waals surface area contributed by atoms with E-state index in [2.05, 4.69) is 15.5 Å². The Morgan fingerprint density at radius 3 is 2.91 bits per heavy atom. The molecule has 116 valence electrons. The van der Waals surface area contributed by atoms with Crippen molar-refractivity contribution in [3.63, 3.8) is 0 Å². The number of aryl methyl sites for hydroxylation is 2. The summed E-state index contributed by atoms with van der Waals surface area (Å²) in [6, 6.07) is 11.6. The third-order valence-electron chi connectivity index (χ3n) is 4.15. The predicted molar refractivity (Wildman–Crippen MR) is 95.6 cm³/mol. The van der Waals surface area contributed by atoms with Gasteiger partial charge in [-0.25, -0.2) is 4.98 Å². The van der Waals surface area contributed by atoms with E-state index in [0.717, 1.165) is 34.3 Å². The molecule has 1 heterocycles. The van der Waals surface area contributed by atoms with Crippen LogP contribution in [0.1, 0.15) is 29.0 Å². The third kappa shape index (κ3) is 2.80. The van der Waals surface area contributed by atoms with E-state index in [1.165, 1.54) is 23.4 Å². The van der Waals surface area contributed by atoms with Crippen LogP contribution in [0.5, 0.6) is 5.75 Å². The van der Waals surface area contributed by atoms with Crippen LogP contribution in [0.3, 0.4) is 0 Å². The highest BCUT2D eigenvalue weighted by Crippen LogP contribution is 2.30. The van der Waals surface area contributed by atoms with E-state index in [4.69, 9.17) is 0 Å². The molecule has 0 radical (unpaired) electrons. The number of rotatable bonds is 3. The molecule has 1 aliphatic carbocycles. The number of thiazole rings is 1. The first-order valence-corrected chi connectivity index (χ1v) is 8.61. The zero-order chi connectivity index (χ0) is 15.6. The van der Waals surface area contributed by atoms with E-state index >= 15 is 0 Å². The summed E-state index contributed by atoms with van der Waals surface area (Å²) in [5, 5.41) is 17.3. The van der Waals surface area contributed by atoms with Crippen LogP contribution >= 0.6 is 11.3 Å². The second-order valence-electron chi connectivity index (χ2n) is 5.69. The van der Waals surface area contributed by atoms with Gasteiger partial charge in [-0.05, 0) is 42.5 Å². The van der Waals surface area contributed by atoms with Crippen LogP contribution in [0.2, 0.25) is 0 Å². The molecular weight excluding hydrogens is 306 g/mol. The quantitative estimate of drug-likeness (QED) is 0.557. The second kappa shape index (κ2) is 6.01. The van der Waals surface area contributed by atoms with E-state index in [9.17, 15) is 5.11 Å². The minimum Gasteiger partial charge on any atom is -0.507 e. The molecular formula is C18H17N3OS. The summed E-state index contributed by atoms with van der Waals surface area (Å²) in [7, 11) is 0. The highest BCUT2D eigenvalue weighted by molar-refractivity contribution is 7.15. The summed E-state index contributed by atoms with van der Waals surface area (Å²) in [6.07, 6.45) is 6.34. The van der Waals surface area contributed by atoms with Crippen LogP contribution in [0.4, 0.5) is 5.13 Å². The Balaban J connectivity index is 1.59. The molecule has 1 aromatic heterocycles. The molecule has 0 unspecified atom stereocenters. The highest BCUT2D eigenvalue weighted by Gasteiger charge is 2.14. The van der Waals surface area contributed by atoms with Crippen molar-refractivity contribution in [3.05, 3.63) is 52.5 Å². The summed E-state index contributed by atoms with van der Waals surface area (Å²) in [4.78, 5) is 5.97. The van der Waals surface area contributed by atoms with Crippen molar-refractivity contribution in [1.29, 1.82) is 0 Å². The number of hydrogen-bond acceptors (Lipinski definition) is 5. The van der Waals surface area contributed by atoms with Crippen LogP contribution in [-0.2, 0) is 12.8 Å². The monoisotopic (exact) mass is 323 g/mol. The molecule has 1 aliphatic rings. The number of phenolic OH excluding ortho intramolecular Hbond substituents is 1. The van der Waals surface area contributed by atoms with Gasteiger partial charge in [-0.1, -0.05) is 30.3 Å². The first-order chi connectivity index (χ1) is 11.3. The number of fused-ring (bicyclic) bond motifs is 2. The smallest absolute Gasteiger partial charge is 0.203 e. The van der Waals surface area contributed by atoms with Gasteiger partial charge in [0.25, 0.3) is 0 Å². The maximum atomic E-state index is 10.1. The van der Waals surface area contributed by atoms with Crippen molar-refractivity contribution < 1.29 is 5.11 Å². The van der Waals surface area contributed by atoms with Gasteiger partial charge in [0.2, 0.25) is 5.13 Å². The number of aromatic nitrogens is 1. The SMILES string of the molecule is Oc1ccc2ccccc2c1/C=N/Nc1nc2c(s1)CCCC2. The van der Waals surface area contributed by atoms with Crippen molar-refractivity contribution in [2.45, 2.75) is 25.7 Å². The lowest BCUT2D eigenvalue weighted by molar-refractivity contribution is 0.475. The van der Waals surface area contributed by atoms with Crippen molar-refractivity contribution in [2.75, 3.05) is 5.43 Å². The summed E-state index contributed by atoms with van der Waals surface area (Å²) in [5.74, 6) is 0.229. The summed E-state index contributed by atoms with van der Waals surface area (Å²) in [5.41, 5.74) is 4.94. The lowest BCUT2D eigenvalue weighted by Crippen LogP contribution is -1.99. The first-order valence-electron chi connectivity index (χ1n) is 7.79. The molecule has 0 bridgehead atoms. The lowest BCUT2D eigenvalue weighted by atomic mass is 10.0. The Kier molecular flexibility index (Phi) is 3.71. The van der Waals surface area contributed by atoms with Gasteiger partial charge < -0.3 is 5.11 Å². The average Bonchev–Trinajstić information content (AvgIpc) is 2.99. The fourth-order valence-electron chi connectivity index (χ4n) is 2.97. The second-order valence-corrected chi connectivity index (χ2v) is 6.77. The number of aromatic hydroxyl groups is 1. The van der Waals surface area contributed by atoms with Crippen LogP contribution in [0.15, 0.2) is 41.5 Å². The maximum Gasteiger partial charge on any atom is 0.203 e. The molecule has 23 heavy (non-hydrogen) atoms. The van der Waals surface area contributed by atoms with Gasteiger partial charge >= 0.3 is 0 Å². The summed E-state index contributed by atoms with van der Waals surface area (Å²) >= 11 is 1.68. The molecule has 0 fully saturated rings. The average molecular weight is 323 g/mol.